The van der Waals surface area contributed by atoms with E-state index in [1.807, 2.05) is 25.1 Å². The van der Waals surface area contributed by atoms with Crippen LogP contribution in [0.5, 0.6) is 0 Å². The van der Waals surface area contributed by atoms with Gasteiger partial charge in [-0.3, -0.25) is 9.89 Å². The number of nitrogens with one attached hydrogen (secondary N) is 2. The fourth-order valence-corrected chi connectivity index (χ4v) is 2.04. The SMILES string of the molecule is CCOC(=O)CNc1nc2nc3cc(C)ccc3n2[nH]1. The van der Waals surface area contributed by atoms with Crippen LogP contribution in [0.15, 0.2) is 18.2 Å². The Hall–Kier alpha value is -2.57. The van der Waals surface area contributed by atoms with E-state index >= 15 is 0 Å². The standard InChI is InChI=1S/C13H15N5O2/c1-3-20-11(19)7-14-12-16-13-15-9-6-8(2)4-5-10(9)18(13)17-12/h4-6H,3,7H2,1-2H3,(H2,14,15,16,17). The largest absolute Gasteiger partial charge is 0.465 e. The molecule has 0 spiro atoms. The van der Waals surface area contributed by atoms with Gasteiger partial charge in [0.25, 0.3) is 5.78 Å². The van der Waals surface area contributed by atoms with Crippen LogP contribution in [0.1, 0.15) is 12.5 Å². The third kappa shape index (κ3) is 2.18. The molecule has 3 aromatic rings. The first-order valence-corrected chi connectivity index (χ1v) is 6.41. The van der Waals surface area contributed by atoms with Crippen LogP contribution in [-0.2, 0) is 9.53 Å². The number of carbonyl (C=O) groups is 1. The number of H-pyrrole nitrogens is 1. The van der Waals surface area contributed by atoms with E-state index in [-0.39, 0.29) is 12.5 Å². The molecule has 0 radical (unpaired) electrons. The molecule has 0 atom stereocenters. The Morgan fingerprint density at radius 2 is 2.30 bits per heavy atom. The summed E-state index contributed by atoms with van der Waals surface area (Å²) in [6.07, 6.45) is 0. The maximum absolute atomic E-state index is 11.3. The van der Waals surface area contributed by atoms with Crippen molar-refractivity contribution >= 4 is 28.7 Å². The number of hydrogen-bond donors (Lipinski definition) is 2. The zero-order chi connectivity index (χ0) is 14.1. The van der Waals surface area contributed by atoms with E-state index in [2.05, 4.69) is 20.4 Å². The normalized spacial score (nSPS) is 11.1. The smallest absolute Gasteiger partial charge is 0.325 e. The van der Waals surface area contributed by atoms with Crippen molar-refractivity contribution in [3.05, 3.63) is 23.8 Å². The second kappa shape index (κ2) is 4.84. The fraction of sp³-hybridized carbons (Fsp3) is 0.308. The number of carbonyl (C=O) groups excluding carboxylic acids is 1. The molecular formula is C13H15N5O2. The zero-order valence-corrected chi connectivity index (χ0v) is 11.3. The summed E-state index contributed by atoms with van der Waals surface area (Å²) >= 11 is 0. The average molecular weight is 273 g/mol. The zero-order valence-electron chi connectivity index (χ0n) is 11.3. The average Bonchev–Trinajstić information content (AvgIpc) is 2.93. The summed E-state index contributed by atoms with van der Waals surface area (Å²) in [6.45, 7) is 4.23. The van der Waals surface area contributed by atoms with Gasteiger partial charge in [0, 0.05) is 0 Å². The third-order valence-electron chi connectivity index (χ3n) is 2.93. The lowest BCUT2D eigenvalue weighted by Crippen LogP contribution is -2.17. The van der Waals surface area contributed by atoms with Crippen molar-refractivity contribution in [3.63, 3.8) is 0 Å². The van der Waals surface area contributed by atoms with Crippen LogP contribution < -0.4 is 5.32 Å². The molecule has 0 saturated heterocycles. The lowest BCUT2D eigenvalue weighted by Gasteiger charge is -2.01. The minimum absolute atomic E-state index is 0.0710. The maximum Gasteiger partial charge on any atom is 0.325 e. The molecule has 104 valence electrons. The van der Waals surface area contributed by atoms with E-state index in [1.54, 1.807) is 11.4 Å². The number of ether oxygens (including phenoxy) is 1. The molecule has 2 heterocycles. The number of hydrogen-bond acceptors (Lipinski definition) is 5. The number of aromatic amines is 1. The molecule has 0 saturated carbocycles. The summed E-state index contributed by atoms with van der Waals surface area (Å²) in [7, 11) is 0. The summed E-state index contributed by atoms with van der Waals surface area (Å²) in [5.41, 5.74) is 2.99. The van der Waals surface area contributed by atoms with Crippen LogP contribution in [0.3, 0.4) is 0 Å². The molecule has 0 amide bonds. The molecule has 20 heavy (non-hydrogen) atoms. The number of rotatable bonds is 4. The molecule has 7 heteroatoms. The predicted octanol–water partition coefficient (Wildman–Crippen LogP) is 1.49. The van der Waals surface area contributed by atoms with Crippen molar-refractivity contribution in [1.82, 2.24) is 19.6 Å². The van der Waals surface area contributed by atoms with Gasteiger partial charge in [0.15, 0.2) is 0 Å². The number of benzene rings is 1. The lowest BCUT2D eigenvalue weighted by molar-refractivity contribution is -0.140. The van der Waals surface area contributed by atoms with Gasteiger partial charge >= 0.3 is 5.97 Å². The van der Waals surface area contributed by atoms with Crippen LogP contribution in [-0.4, -0.2) is 38.7 Å². The number of nitrogens with zero attached hydrogens (tertiary/aromatic N) is 3. The van der Waals surface area contributed by atoms with E-state index in [0.29, 0.717) is 18.3 Å². The van der Waals surface area contributed by atoms with Gasteiger partial charge in [-0.15, -0.1) is 0 Å². The van der Waals surface area contributed by atoms with Crippen LogP contribution >= 0.6 is 0 Å². The van der Waals surface area contributed by atoms with E-state index in [1.165, 1.54) is 0 Å². The van der Waals surface area contributed by atoms with E-state index < -0.39 is 0 Å². The highest BCUT2D eigenvalue weighted by atomic mass is 16.5. The Labute approximate surface area is 114 Å². The van der Waals surface area contributed by atoms with Crippen molar-refractivity contribution in [2.45, 2.75) is 13.8 Å². The van der Waals surface area contributed by atoms with Crippen LogP contribution in [0, 0.1) is 6.92 Å². The van der Waals surface area contributed by atoms with Crippen molar-refractivity contribution in [1.29, 1.82) is 0 Å². The van der Waals surface area contributed by atoms with E-state index in [4.69, 9.17) is 4.74 Å². The fourth-order valence-electron chi connectivity index (χ4n) is 2.04. The second-order valence-corrected chi connectivity index (χ2v) is 4.47. The molecule has 0 aliphatic rings. The number of imidazole rings is 1. The Morgan fingerprint density at radius 3 is 3.10 bits per heavy atom. The second-order valence-electron chi connectivity index (χ2n) is 4.47. The third-order valence-corrected chi connectivity index (χ3v) is 2.93. The van der Waals surface area contributed by atoms with Gasteiger partial charge in [-0.1, -0.05) is 6.07 Å². The predicted molar refractivity (Wildman–Crippen MR) is 74.7 cm³/mol. The number of aromatic nitrogens is 4. The molecule has 0 unspecified atom stereocenters. The molecule has 7 nitrogen and oxygen atoms in total. The van der Waals surface area contributed by atoms with Gasteiger partial charge in [-0.25, -0.2) is 9.50 Å². The molecule has 0 bridgehead atoms. The van der Waals surface area contributed by atoms with Crippen molar-refractivity contribution in [3.8, 4) is 0 Å². The van der Waals surface area contributed by atoms with Crippen LogP contribution in [0.25, 0.3) is 16.8 Å². The van der Waals surface area contributed by atoms with Crippen molar-refractivity contribution in [2.75, 3.05) is 18.5 Å². The number of fused-ring (bicyclic) bond motifs is 3. The molecule has 2 aromatic heterocycles. The summed E-state index contributed by atoms with van der Waals surface area (Å²) in [6, 6.07) is 6.00. The van der Waals surface area contributed by atoms with Gasteiger partial charge in [0.2, 0.25) is 5.95 Å². The van der Waals surface area contributed by atoms with E-state index in [9.17, 15) is 4.79 Å². The summed E-state index contributed by atoms with van der Waals surface area (Å²) in [5.74, 6) is 0.738. The van der Waals surface area contributed by atoms with Crippen LogP contribution in [0.2, 0.25) is 0 Å². The molecule has 0 aliphatic heterocycles. The molecular weight excluding hydrogens is 258 g/mol. The molecule has 2 N–H and O–H groups in total. The Bertz CT molecular complexity index is 774. The number of esters is 1. The first-order chi connectivity index (χ1) is 9.67. The van der Waals surface area contributed by atoms with Gasteiger partial charge in [0.1, 0.15) is 6.54 Å². The summed E-state index contributed by atoms with van der Waals surface area (Å²) in [5, 5.41) is 5.94. The van der Waals surface area contributed by atoms with Crippen molar-refractivity contribution < 1.29 is 9.53 Å². The highest BCUT2D eigenvalue weighted by molar-refractivity contribution is 5.80. The Kier molecular flexibility index (Phi) is 3.02. The first kappa shape index (κ1) is 12.5. The highest BCUT2D eigenvalue weighted by Gasteiger charge is 2.10. The van der Waals surface area contributed by atoms with Crippen LogP contribution in [0.4, 0.5) is 5.95 Å². The Morgan fingerprint density at radius 1 is 1.45 bits per heavy atom. The summed E-state index contributed by atoms with van der Waals surface area (Å²) in [4.78, 5) is 20.0. The van der Waals surface area contributed by atoms with Crippen molar-refractivity contribution in [2.24, 2.45) is 0 Å². The number of anilines is 1. The first-order valence-electron chi connectivity index (χ1n) is 6.41. The minimum Gasteiger partial charge on any atom is -0.465 e. The topological polar surface area (TPSA) is 84.3 Å². The molecule has 1 aromatic carbocycles. The molecule has 3 rings (SSSR count). The Balaban J connectivity index is 1.86. The monoisotopic (exact) mass is 273 g/mol. The van der Waals surface area contributed by atoms with E-state index in [0.717, 1.165) is 16.6 Å². The molecule has 0 fully saturated rings. The number of aryl methyl sites for hydroxylation is 1. The van der Waals surface area contributed by atoms with Gasteiger partial charge < -0.3 is 10.1 Å². The van der Waals surface area contributed by atoms with Gasteiger partial charge in [-0.05, 0) is 31.5 Å². The van der Waals surface area contributed by atoms with Gasteiger partial charge in [0.05, 0.1) is 17.6 Å². The summed E-state index contributed by atoms with van der Waals surface area (Å²) < 4.78 is 6.62. The minimum atomic E-state index is -0.318. The molecule has 0 aliphatic carbocycles. The maximum atomic E-state index is 11.3. The van der Waals surface area contributed by atoms with Gasteiger partial charge in [-0.2, -0.15) is 4.98 Å². The highest BCUT2D eigenvalue weighted by Crippen LogP contribution is 2.17. The quantitative estimate of drug-likeness (QED) is 0.704. The lowest BCUT2D eigenvalue weighted by atomic mass is 10.2.